The van der Waals surface area contributed by atoms with Crippen LogP contribution in [-0.4, -0.2) is 26.2 Å². The largest absolute Gasteiger partial charge is 0.469 e. The molecule has 4 heteroatoms. The quantitative estimate of drug-likeness (QED) is 0.731. The van der Waals surface area contributed by atoms with Crippen LogP contribution >= 0.6 is 0 Å². The number of hydrogen-bond acceptors (Lipinski definition) is 4. The van der Waals surface area contributed by atoms with E-state index < -0.39 is 0 Å². The highest BCUT2D eigenvalue weighted by Crippen LogP contribution is 2.65. The number of esters is 2. The van der Waals surface area contributed by atoms with E-state index in [4.69, 9.17) is 9.47 Å². The molecule has 0 N–H and O–H groups in total. The lowest BCUT2D eigenvalue weighted by Crippen LogP contribution is -2.62. The van der Waals surface area contributed by atoms with Gasteiger partial charge in [-0.3, -0.25) is 9.59 Å². The summed E-state index contributed by atoms with van der Waals surface area (Å²) in [6.45, 7) is 8.72. The van der Waals surface area contributed by atoms with E-state index in [0.717, 1.165) is 12.8 Å². The third kappa shape index (κ3) is 2.04. The van der Waals surface area contributed by atoms with E-state index in [1.54, 1.807) is 0 Å². The van der Waals surface area contributed by atoms with Crippen molar-refractivity contribution in [2.75, 3.05) is 14.2 Å². The average molecular weight is 282 g/mol. The fourth-order valence-corrected chi connectivity index (χ4v) is 5.56. The van der Waals surface area contributed by atoms with Crippen LogP contribution in [0.15, 0.2) is 0 Å². The lowest BCUT2D eigenvalue weighted by atomic mass is 9.41. The molecule has 1 unspecified atom stereocenters. The molecule has 0 radical (unpaired) electrons. The van der Waals surface area contributed by atoms with Crippen LogP contribution in [0.25, 0.3) is 0 Å². The van der Waals surface area contributed by atoms with E-state index >= 15 is 0 Å². The maximum absolute atomic E-state index is 12.3. The monoisotopic (exact) mass is 282 g/mol. The predicted octanol–water partition coefficient (Wildman–Crippen LogP) is 2.66. The first-order valence-electron chi connectivity index (χ1n) is 7.33. The Morgan fingerprint density at radius 3 is 2.05 bits per heavy atom. The maximum Gasteiger partial charge on any atom is 0.310 e. The van der Waals surface area contributed by atoms with E-state index in [0.29, 0.717) is 5.92 Å². The van der Waals surface area contributed by atoms with E-state index in [1.807, 2.05) is 0 Å². The molecule has 5 atom stereocenters. The number of ether oxygens (including phenoxy) is 2. The molecule has 0 aromatic rings. The summed E-state index contributed by atoms with van der Waals surface area (Å²) in [5.74, 6) is -0.722. The van der Waals surface area contributed by atoms with Crippen molar-refractivity contribution in [2.45, 2.75) is 40.5 Å². The van der Waals surface area contributed by atoms with Crippen molar-refractivity contribution in [3.05, 3.63) is 0 Å². The van der Waals surface area contributed by atoms with Gasteiger partial charge in [-0.25, -0.2) is 0 Å². The molecule has 0 amide bonds. The normalized spacial score (nSPS) is 42.1. The summed E-state index contributed by atoms with van der Waals surface area (Å²) in [6.07, 6.45) is 1.91. The van der Waals surface area contributed by atoms with Crippen LogP contribution in [0, 0.1) is 34.5 Å². The highest BCUT2D eigenvalue weighted by Gasteiger charge is 2.65. The first-order chi connectivity index (χ1) is 9.18. The van der Waals surface area contributed by atoms with Crippen molar-refractivity contribution in [2.24, 2.45) is 34.5 Å². The third-order valence-corrected chi connectivity index (χ3v) is 5.59. The Bertz CT molecular complexity index is 428. The highest BCUT2D eigenvalue weighted by atomic mass is 16.5. The van der Waals surface area contributed by atoms with Gasteiger partial charge in [-0.1, -0.05) is 27.7 Å². The van der Waals surface area contributed by atoms with Crippen LogP contribution in [0.1, 0.15) is 40.5 Å². The number of rotatable bonds is 2. The van der Waals surface area contributed by atoms with Crippen LogP contribution in [0.2, 0.25) is 0 Å². The lowest BCUT2D eigenvalue weighted by Gasteiger charge is -2.62. The molecule has 3 saturated carbocycles. The predicted molar refractivity (Wildman–Crippen MR) is 74.8 cm³/mol. The topological polar surface area (TPSA) is 52.6 Å². The molecule has 3 aliphatic carbocycles. The summed E-state index contributed by atoms with van der Waals surface area (Å²) in [5, 5.41) is 0. The van der Waals surface area contributed by atoms with Crippen molar-refractivity contribution in [3.8, 4) is 0 Å². The van der Waals surface area contributed by atoms with E-state index in [2.05, 4.69) is 27.7 Å². The molecule has 0 aromatic heterocycles. The van der Waals surface area contributed by atoms with Crippen molar-refractivity contribution in [1.29, 1.82) is 0 Å². The van der Waals surface area contributed by atoms with Gasteiger partial charge < -0.3 is 9.47 Å². The first kappa shape index (κ1) is 15.3. The number of carbonyl (C=O) groups is 2. The smallest absolute Gasteiger partial charge is 0.310 e. The lowest BCUT2D eigenvalue weighted by molar-refractivity contribution is -0.200. The minimum absolute atomic E-state index is 0.0375. The number of hydrogen-bond donors (Lipinski definition) is 0. The Balaban J connectivity index is 2.52. The molecule has 0 aromatic carbocycles. The summed E-state index contributed by atoms with van der Waals surface area (Å²) in [4.78, 5) is 24.6. The zero-order valence-corrected chi connectivity index (χ0v) is 13.4. The van der Waals surface area contributed by atoms with Crippen LogP contribution in [-0.2, 0) is 19.1 Å². The van der Waals surface area contributed by atoms with E-state index in [1.165, 1.54) is 14.2 Å². The zero-order chi connectivity index (χ0) is 15.3. The summed E-state index contributed by atoms with van der Waals surface area (Å²) in [6, 6.07) is 0. The molecule has 0 spiro atoms. The van der Waals surface area contributed by atoms with Gasteiger partial charge in [0.2, 0.25) is 0 Å². The summed E-state index contributed by atoms with van der Waals surface area (Å²) in [5.41, 5.74) is -0.153. The Morgan fingerprint density at radius 2 is 1.60 bits per heavy atom. The molecule has 3 rings (SSSR count). The van der Waals surface area contributed by atoms with Gasteiger partial charge in [0.25, 0.3) is 0 Å². The van der Waals surface area contributed by atoms with Gasteiger partial charge in [-0.2, -0.15) is 0 Å². The molecule has 3 fully saturated rings. The van der Waals surface area contributed by atoms with E-state index in [-0.39, 0.29) is 40.5 Å². The summed E-state index contributed by atoms with van der Waals surface area (Å²) in [7, 11) is 2.80. The summed E-state index contributed by atoms with van der Waals surface area (Å²) >= 11 is 0. The van der Waals surface area contributed by atoms with Crippen molar-refractivity contribution in [3.63, 3.8) is 0 Å². The molecule has 0 heterocycles. The second kappa shape index (κ2) is 4.74. The van der Waals surface area contributed by atoms with Crippen LogP contribution in [0.5, 0.6) is 0 Å². The second-order valence-electron chi connectivity index (χ2n) is 7.58. The maximum atomic E-state index is 12.3. The third-order valence-electron chi connectivity index (χ3n) is 5.59. The van der Waals surface area contributed by atoms with Gasteiger partial charge in [0.1, 0.15) is 0 Å². The standard InChI is InChI=1S/C16H26O4/c1-9-7-16(4)8-15(2,3)11(9)10(13(17)19-5)12(16)14(18)20-6/h9-12H,7-8H2,1-6H3/t9?,10-,11-,12-,16-/m0/s1. The van der Waals surface area contributed by atoms with Gasteiger partial charge in [0.15, 0.2) is 0 Å². The highest BCUT2D eigenvalue weighted by molar-refractivity contribution is 5.83. The number of carbonyl (C=O) groups excluding carboxylic acids is 2. The number of methoxy groups -OCH3 is 2. The molecule has 2 bridgehead atoms. The van der Waals surface area contributed by atoms with Gasteiger partial charge in [0.05, 0.1) is 26.1 Å². The fourth-order valence-electron chi connectivity index (χ4n) is 5.56. The molecule has 0 aliphatic heterocycles. The Morgan fingerprint density at radius 1 is 1.05 bits per heavy atom. The molecule has 4 nitrogen and oxygen atoms in total. The Hall–Kier alpha value is -1.06. The molecule has 114 valence electrons. The minimum atomic E-state index is -0.384. The zero-order valence-electron chi connectivity index (χ0n) is 13.4. The molecule has 0 saturated heterocycles. The molecular weight excluding hydrogens is 256 g/mol. The first-order valence-corrected chi connectivity index (χ1v) is 7.33. The second-order valence-corrected chi connectivity index (χ2v) is 7.58. The van der Waals surface area contributed by atoms with Crippen LogP contribution in [0.4, 0.5) is 0 Å². The van der Waals surface area contributed by atoms with Crippen LogP contribution in [0.3, 0.4) is 0 Å². The Kier molecular flexibility index (Phi) is 3.64. The van der Waals surface area contributed by atoms with E-state index in [9.17, 15) is 9.59 Å². The van der Waals surface area contributed by atoms with Gasteiger partial charge in [-0.05, 0) is 35.5 Å². The van der Waals surface area contributed by atoms with Gasteiger partial charge >= 0.3 is 11.9 Å². The molecular formula is C16H26O4. The Labute approximate surface area is 121 Å². The molecule has 20 heavy (non-hydrogen) atoms. The average Bonchev–Trinajstić information content (AvgIpc) is 2.33. The van der Waals surface area contributed by atoms with Gasteiger partial charge in [-0.15, -0.1) is 0 Å². The van der Waals surface area contributed by atoms with Crippen molar-refractivity contribution < 1.29 is 19.1 Å². The SMILES string of the molecule is COC(=O)[C@@H]1[C@@H](C(=O)OC)[C@@]2(C)CC(C)[C@@H]1C(C)(C)C2. The summed E-state index contributed by atoms with van der Waals surface area (Å²) < 4.78 is 10.00. The fraction of sp³-hybridized carbons (Fsp3) is 0.875. The molecule has 3 aliphatic rings. The number of fused-ring (bicyclic) bond motifs is 3. The minimum Gasteiger partial charge on any atom is -0.469 e. The van der Waals surface area contributed by atoms with Crippen molar-refractivity contribution in [1.82, 2.24) is 0 Å². The van der Waals surface area contributed by atoms with Gasteiger partial charge in [0, 0.05) is 0 Å². The van der Waals surface area contributed by atoms with Crippen molar-refractivity contribution >= 4 is 11.9 Å². The van der Waals surface area contributed by atoms with Crippen LogP contribution < -0.4 is 0 Å².